The summed E-state index contributed by atoms with van der Waals surface area (Å²) in [7, 11) is 0. The van der Waals surface area contributed by atoms with Crippen LogP contribution >= 0.6 is 0 Å². The summed E-state index contributed by atoms with van der Waals surface area (Å²) >= 11 is 0. The highest BCUT2D eigenvalue weighted by molar-refractivity contribution is 5.96. The average molecular weight is 276 g/mol. The van der Waals surface area contributed by atoms with Gasteiger partial charge in [0.15, 0.2) is 0 Å². The minimum Gasteiger partial charge on any atom is -0.491 e. The number of carbonyl (C=O) groups excluding carboxylic acids is 1. The van der Waals surface area contributed by atoms with E-state index >= 15 is 0 Å². The average Bonchev–Trinajstić information content (AvgIpc) is 2.86. The zero-order valence-electron chi connectivity index (χ0n) is 12.5. The van der Waals surface area contributed by atoms with Gasteiger partial charge in [0, 0.05) is 6.54 Å². The minimum atomic E-state index is -0.328. The summed E-state index contributed by atoms with van der Waals surface area (Å²) in [6.07, 6.45) is 0.869. The molecule has 1 aromatic carbocycles. The quantitative estimate of drug-likeness (QED) is 0.869. The van der Waals surface area contributed by atoms with E-state index in [2.05, 4.69) is 24.5 Å². The second-order valence-corrected chi connectivity index (χ2v) is 6.14. The van der Waals surface area contributed by atoms with Gasteiger partial charge in [0.25, 0.3) is 0 Å². The maximum Gasteiger partial charge on any atom is 0.231 e. The minimum absolute atomic E-state index is 0.0584. The maximum atomic E-state index is 12.4. The van der Waals surface area contributed by atoms with E-state index in [1.54, 1.807) is 0 Å². The van der Waals surface area contributed by atoms with Crippen molar-refractivity contribution in [2.24, 2.45) is 11.3 Å². The molecule has 4 nitrogen and oxygen atoms in total. The Morgan fingerprint density at radius 2 is 2.20 bits per heavy atom. The zero-order chi connectivity index (χ0) is 14.6. The molecule has 2 rings (SSSR count). The highest BCUT2D eigenvalue weighted by Gasteiger charge is 2.36. The van der Waals surface area contributed by atoms with Crippen LogP contribution in [0.5, 0.6) is 5.75 Å². The standard InChI is InChI=1S/C16H24N2O2/c1-12(2)10-20-14-7-5-4-6-13(14)18-15(19)16(3)8-9-17-11-16/h4-7,12,17H,8-11H2,1-3H3,(H,18,19). The van der Waals surface area contributed by atoms with Crippen LogP contribution in [0.2, 0.25) is 0 Å². The van der Waals surface area contributed by atoms with Crippen molar-refractivity contribution in [1.29, 1.82) is 0 Å². The van der Waals surface area contributed by atoms with Gasteiger partial charge in [-0.15, -0.1) is 0 Å². The van der Waals surface area contributed by atoms with Crippen LogP contribution in [0.4, 0.5) is 5.69 Å². The lowest BCUT2D eigenvalue weighted by Crippen LogP contribution is -2.35. The summed E-state index contributed by atoms with van der Waals surface area (Å²) in [5.41, 5.74) is 0.428. The fraction of sp³-hybridized carbons (Fsp3) is 0.562. The van der Waals surface area contributed by atoms with E-state index in [1.807, 2.05) is 31.2 Å². The Balaban J connectivity index is 2.06. The van der Waals surface area contributed by atoms with Crippen molar-refractivity contribution in [3.63, 3.8) is 0 Å². The zero-order valence-corrected chi connectivity index (χ0v) is 12.5. The lowest BCUT2D eigenvalue weighted by Gasteiger charge is -2.22. The molecule has 1 fully saturated rings. The predicted octanol–water partition coefficient (Wildman–Crippen LogP) is 2.66. The molecule has 1 unspecified atom stereocenters. The van der Waals surface area contributed by atoms with Gasteiger partial charge in [0.2, 0.25) is 5.91 Å². The van der Waals surface area contributed by atoms with Gasteiger partial charge in [-0.1, -0.05) is 26.0 Å². The van der Waals surface area contributed by atoms with Gasteiger partial charge >= 0.3 is 0 Å². The lowest BCUT2D eigenvalue weighted by molar-refractivity contribution is -0.123. The van der Waals surface area contributed by atoms with Gasteiger partial charge in [-0.2, -0.15) is 0 Å². The largest absolute Gasteiger partial charge is 0.491 e. The number of benzene rings is 1. The van der Waals surface area contributed by atoms with E-state index in [0.29, 0.717) is 12.5 Å². The second-order valence-electron chi connectivity index (χ2n) is 6.14. The molecular weight excluding hydrogens is 252 g/mol. The van der Waals surface area contributed by atoms with Crippen molar-refractivity contribution in [3.05, 3.63) is 24.3 Å². The molecule has 4 heteroatoms. The number of anilines is 1. The van der Waals surface area contributed by atoms with E-state index in [-0.39, 0.29) is 11.3 Å². The van der Waals surface area contributed by atoms with Gasteiger partial charge in [-0.05, 0) is 37.9 Å². The Morgan fingerprint density at radius 3 is 2.85 bits per heavy atom. The molecule has 1 heterocycles. The maximum absolute atomic E-state index is 12.4. The summed E-state index contributed by atoms with van der Waals surface area (Å²) in [6.45, 7) is 8.48. The summed E-state index contributed by atoms with van der Waals surface area (Å²) in [5.74, 6) is 1.25. The molecular formula is C16H24N2O2. The Bertz CT molecular complexity index is 465. The van der Waals surface area contributed by atoms with E-state index in [9.17, 15) is 4.79 Å². The second kappa shape index (κ2) is 6.27. The molecule has 1 aliphatic rings. The van der Waals surface area contributed by atoms with E-state index in [1.165, 1.54) is 0 Å². The molecule has 0 saturated carbocycles. The Kier molecular flexibility index (Phi) is 4.65. The first-order valence-corrected chi connectivity index (χ1v) is 7.25. The molecule has 0 bridgehead atoms. The normalized spacial score (nSPS) is 22.0. The number of nitrogens with one attached hydrogen (secondary N) is 2. The molecule has 1 amide bonds. The van der Waals surface area contributed by atoms with Gasteiger partial charge in [0.05, 0.1) is 17.7 Å². The molecule has 110 valence electrons. The fourth-order valence-corrected chi connectivity index (χ4v) is 2.24. The van der Waals surface area contributed by atoms with E-state index in [4.69, 9.17) is 4.74 Å². The van der Waals surface area contributed by atoms with Crippen molar-refractivity contribution < 1.29 is 9.53 Å². The number of rotatable bonds is 5. The van der Waals surface area contributed by atoms with Gasteiger partial charge in [-0.3, -0.25) is 4.79 Å². The molecule has 20 heavy (non-hydrogen) atoms. The van der Waals surface area contributed by atoms with Crippen LogP contribution < -0.4 is 15.4 Å². The number of hydrogen-bond acceptors (Lipinski definition) is 3. The van der Waals surface area contributed by atoms with Crippen LogP contribution in [-0.2, 0) is 4.79 Å². The van der Waals surface area contributed by atoms with Crippen molar-refractivity contribution in [2.45, 2.75) is 27.2 Å². The van der Waals surface area contributed by atoms with Crippen LogP contribution in [0.15, 0.2) is 24.3 Å². The molecule has 1 aromatic rings. The Morgan fingerprint density at radius 1 is 1.45 bits per heavy atom. The molecule has 0 spiro atoms. The first-order valence-electron chi connectivity index (χ1n) is 7.25. The first-order chi connectivity index (χ1) is 9.51. The summed E-state index contributed by atoms with van der Waals surface area (Å²) in [4.78, 5) is 12.4. The molecule has 0 aromatic heterocycles. The van der Waals surface area contributed by atoms with Crippen molar-refractivity contribution in [2.75, 3.05) is 25.0 Å². The number of para-hydroxylation sites is 2. The highest BCUT2D eigenvalue weighted by Crippen LogP contribution is 2.30. The van der Waals surface area contributed by atoms with Crippen LogP contribution in [0.1, 0.15) is 27.2 Å². The molecule has 1 aliphatic heterocycles. The lowest BCUT2D eigenvalue weighted by atomic mass is 9.88. The van der Waals surface area contributed by atoms with Crippen LogP contribution in [0.3, 0.4) is 0 Å². The number of amides is 1. The van der Waals surface area contributed by atoms with E-state index in [0.717, 1.165) is 30.9 Å². The highest BCUT2D eigenvalue weighted by atomic mass is 16.5. The monoisotopic (exact) mass is 276 g/mol. The summed E-state index contributed by atoms with van der Waals surface area (Å²) < 4.78 is 5.76. The van der Waals surface area contributed by atoms with Crippen LogP contribution in [-0.4, -0.2) is 25.6 Å². The number of ether oxygens (including phenoxy) is 1. The van der Waals surface area contributed by atoms with Crippen molar-refractivity contribution >= 4 is 11.6 Å². The smallest absolute Gasteiger partial charge is 0.231 e. The van der Waals surface area contributed by atoms with Crippen molar-refractivity contribution in [1.82, 2.24) is 5.32 Å². The SMILES string of the molecule is CC(C)COc1ccccc1NC(=O)C1(C)CCNC1. The van der Waals surface area contributed by atoms with Gasteiger partial charge in [0.1, 0.15) is 5.75 Å². The van der Waals surface area contributed by atoms with Crippen LogP contribution in [0, 0.1) is 11.3 Å². The fourth-order valence-electron chi connectivity index (χ4n) is 2.24. The Hall–Kier alpha value is -1.55. The summed E-state index contributed by atoms with van der Waals surface area (Å²) in [6, 6.07) is 7.61. The third-order valence-electron chi connectivity index (χ3n) is 3.62. The molecule has 1 atom stereocenters. The molecule has 0 aliphatic carbocycles. The topological polar surface area (TPSA) is 50.4 Å². The first kappa shape index (κ1) is 14.9. The molecule has 0 radical (unpaired) electrons. The number of carbonyl (C=O) groups is 1. The van der Waals surface area contributed by atoms with Gasteiger partial charge in [-0.25, -0.2) is 0 Å². The predicted molar refractivity (Wildman–Crippen MR) is 81.0 cm³/mol. The van der Waals surface area contributed by atoms with Crippen molar-refractivity contribution in [3.8, 4) is 5.75 Å². The molecule has 2 N–H and O–H groups in total. The Labute approximate surface area is 120 Å². The number of hydrogen-bond donors (Lipinski definition) is 2. The third-order valence-corrected chi connectivity index (χ3v) is 3.62. The molecule has 1 saturated heterocycles. The van der Waals surface area contributed by atoms with E-state index < -0.39 is 0 Å². The summed E-state index contributed by atoms with van der Waals surface area (Å²) in [5, 5.41) is 6.25. The van der Waals surface area contributed by atoms with Crippen LogP contribution in [0.25, 0.3) is 0 Å². The van der Waals surface area contributed by atoms with Gasteiger partial charge < -0.3 is 15.4 Å². The third kappa shape index (κ3) is 3.51.